The van der Waals surface area contributed by atoms with Crippen molar-refractivity contribution in [2.75, 3.05) is 85.6 Å². The number of aliphatic hydroxyl groups is 1. The van der Waals surface area contributed by atoms with Crippen LogP contribution in [0, 0.1) is 0 Å². The molecule has 2 heterocycles. The molecule has 2 aromatic carbocycles. The molecule has 18 N–H and O–H groups in total. The zero-order valence-electron chi connectivity index (χ0n) is 60.2. The van der Waals surface area contributed by atoms with Crippen molar-refractivity contribution < 1.29 is 76.8 Å². The summed E-state index contributed by atoms with van der Waals surface area (Å²) in [4.78, 5) is 158. The third-order valence-corrected chi connectivity index (χ3v) is 17.1. The van der Waals surface area contributed by atoms with E-state index in [1.807, 2.05) is 25.1 Å². The molecule has 0 unspecified atom stereocenters. The largest absolute Gasteiger partial charge is 0.394 e. The summed E-state index contributed by atoms with van der Waals surface area (Å²) >= 11 is 0. The molecule has 1 aliphatic rings. The summed E-state index contributed by atoms with van der Waals surface area (Å²) < 4.78 is 21.9. The van der Waals surface area contributed by atoms with Crippen molar-refractivity contribution in [2.24, 2.45) is 22.2 Å². The fourth-order valence-electron chi connectivity index (χ4n) is 11.3. The van der Waals surface area contributed by atoms with Gasteiger partial charge in [-0.1, -0.05) is 139 Å². The van der Waals surface area contributed by atoms with E-state index >= 15 is 0 Å². The Kier molecular flexibility index (Phi) is 43.9. The molecule has 0 aliphatic carbocycles. The Morgan fingerprint density at radius 2 is 1.15 bits per heavy atom. The van der Waals surface area contributed by atoms with E-state index in [0.717, 1.165) is 30.2 Å². The van der Waals surface area contributed by atoms with Crippen molar-refractivity contribution in [3.63, 3.8) is 0 Å². The maximum atomic E-state index is 14.7. The van der Waals surface area contributed by atoms with Crippen molar-refractivity contribution in [1.82, 2.24) is 58.2 Å². The standard InChI is InChI=1S/C72H115N15O16/c1-3-5-7-8-9-10-11-12-13-14-18-31-61(89)77-36-38-100-40-42-102-48-63(91)78-37-39-101-41-43-103-49-64(92)81-55(27-6-4-2)66(94)84-57-32-33-62(90)76-34-22-21-29-54(65(73)93)82-70(98)59(45-51-46-80-53-28-20-19-26-52(51)53)86-67(95)56(30-23-35-79-72(74)75)83-69(97)58(44-50-24-16-15-17-25-50)85-71(99)60(47-88)87-68(57)96/h15-17,19-20,24-26,28,46,54-60,80,88H,3-14,18,21-23,27,29-45,47-49H2,1-2H3,(H2,73,93)(H,76,90)(H,77,89)(H,78,91)(H,81,92)(H,82,98)(H,83,97)(H,84,94)(H,85,99)(H,86,95)(H,87,96)(H4,74,75,79)/t54-,55-,56-,57-,58+,59-,60-/m0/s1. The van der Waals surface area contributed by atoms with Gasteiger partial charge < -0.3 is 99.4 Å². The highest BCUT2D eigenvalue weighted by Crippen LogP contribution is 2.20. The fraction of sp³-hybridized carbons (Fsp3) is 0.639. The van der Waals surface area contributed by atoms with Crippen molar-refractivity contribution in [2.45, 2.75) is 210 Å². The molecule has 574 valence electrons. The van der Waals surface area contributed by atoms with Crippen molar-refractivity contribution in [3.8, 4) is 0 Å². The maximum absolute atomic E-state index is 14.7. The molecule has 0 saturated carbocycles. The molecule has 3 aromatic rings. The van der Waals surface area contributed by atoms with Crippen LogP contribution in [0.15, 0.2) is 65.8 Å². The summed E-state index contributed by atoms with van der Waals surface area (Å²) in [6.07, 6.45) is 16.5. The van der Waals surface area contributed by atoms with E-state index in [0.29, 0.717) is 43.5 Å². The van der Waals surface area contributed by atoms with Crippen LogP contribution in [0.2, 0.25) is 0 Å². The fourth-order valence-corrected chi connectivity index (χ4v) is 11.3. The summed E-state index contributed by atoms with van der Waals surface area (Å²) in [6.45, 7) is 4.00. The Balaban J connectivity index is 1.34. The van der Waals surface area contributed by atoms with E-state index < -0.39 is 109 Å². The predicted molar refractivity (Wildman–Crippen MR) is 388 cm³/mol. The summed E-state index contributed by atoms with van der Waals surface area (Å²) in [5.41, 5.74) is 19.0. The van der Waals surface area contributed by atoms with E-state index in [9.17, 15) is 57.8 Å². The first kappa shape index (κ1) is 86.6. The van der Waals surface area contributed by atoms with Gasteiger partial charge in [-0.05, 0) is 68.6 Å². The lowest BCUT2D eigenvalue weighted by atomic mass is 10.0. The van der Waals surface area contributed by atoms with Crippen molar-refractivity contribution in [3.05, 3.63) is 71.9 Å². The molecule has 31 nitrogen and oxygen atoms in total. The smallest absolute Gasteiger partial charge is 0.246 e. The van der Waals surface area contributed by atoms with E-state index in [2.05, 4.69) is 70.1 Å². The Morgan fingerprint density at radius 1 is 0.583 bits per heavy atom. The Hall–Kier alpha value is -8.78. The number of hydrogen-bond acceptors (Lipinski definition) is 17. The number of aromatic amines is 1. The summed E-state index contributed by atoms with van der Waals surface area (Å²) in [5, 5.41) is 38.2. The normalized spacial score (nSPS) is 18.7. The number of unbranched alkanes of at least 4 members (excludes halogenated alkanes) is 11. The molecule has 0 bridgehead atoms. The van der Waals surface area contributed by atoms with Gasteiger partial charge >= 0.3 is 0 Å². The minimum atomic E-state index is -1.76. The number of para-hydroxylation sites is 1. The minimum absolute atomic E-state index is 0.0127. The molecule has 1 fully saturated rings. The molecule has 11 amide bonds. The number of carbonyl (C=O) groups is 11. The third kappa shape index (κ3) is 37.3. The lowest BCUT2D eigenvalue weighted by molar-refractivity contribution is -0.136. The number of fused-ring (bicyclic) bond motifs is 1. The quantitative estimate of drug-likeness (QED) is 0.0214. The number of nitrogens with one attached hydrogen (secondary N) is 11. The highest BCUT2D eigenvalue weighted by Gasteiger charge is 2.35. The molecule has 7 atom stereocenters. The number of amides is 11. The Morgan fingerprint density at radius 3 is 1.80 bits per heavy atom. The van der Waals surface area contributed by atoms with Crippen LogP contribution in [0.4, 0.5) is 0 Å². The average molecular weight is 1450 g/mol. The highest BCUT2D eigenvalue weighted by molar-refractivity contribution is 5.98. The van der Waals surface area contributed by atoms with Gasteiger partial charge in [-0.3, -0.25) is 57.7 Å². The number of ether oxygens (including phenoxy) is 4. The van der Waals surface area contributed by atoms with E-state index in [-0.39, 0.29) is 141 Å². The summed E-state index contributed by atoms with van der Waals surface area (Å²) in [6, 6.07) is 5.79. The topological polar surface area (TPSA) is 471 Å². The van der Waals surface area contributed by atoms with Crippen LogP contribution >= 0.6 is 0 Å². The molecule has 1 saturated heterocycles. The minimum Gasteiger partial charge on any atom is -0.394 e. The van der Waals surface area contributed by atoms with Crippen LogP contribution in [0.5, 0.6) is 0 Å². The predicted octanol–water partition coefficient (Wildman–Crippen LogP) is 1.15. The number of H-pyrrole nitrogens is 1. The number of primary amides is 1. The number of aromatic nitrogens is 1. The second-order valence-electron chi connectivity index (χ2n) is 25.6. The number of rotatable bonds is 44. The van der Waals surface area contributed by atoms with Crippen LogP contribution in [0.3, 0.4) is 0 Å². The maximum Gasteiger partial charge on any atom is 0.246 e. The van der Waals surface area contributed by atoms with Gasteiger partial charge in [-0.25, -0.2) is 0 Å². The molecular formula is C72H115N15O16. The molecule has 103 heavy (non-hydrogen) atoms. The molecule has 0 spiro atoms. The van der Waals surface area contributed by atoms with Gasteiger partial charge in [0.25, 0.3) is 0 Å². The van der Waals surface area contributed by atoms with Crippen LogP contribution in [0.25, 0.3) is 10.9 Å². The Labute approximate surface area is 604 Å². The highest BCUT2D eigenvalue weighted by atomic mass is 16.5. The molecule has 0 radical (unpaired) electrons. The lowest BCUT2D eigenvalue weighted by Crippen LogP contribution is -2.61. The van der Waals surface area contributed by atoms with E-state index in [1.54, 1.807) is 42.6 Å². The van der Waals surface area contributed by atoms with Gasteiger partial charge in [0.2, 0.25) is 65.0 Å². The number of nitrogens with zero attached hydrogens (tertiary/aromatic N) is 1. The number of guanidine groups is 1. The van der Waals surface area contributed by atoms with Crippen molar-refractivity contribution in [1.29, 1.82) is 0 Å². The monoisotopic (exact) mass is 1450 g/mol. The second-order valence-corrected chi connectivity index (χ2v) is 25.6. The number of aliphatic hydroxyl groups excluding tert-OH is 1. The van der Waals surface area contributed by atoms with Crippen molar-refractivity contribution >= 4 is 81.8 Å². The Bertz CT molecular complexity index is 3080. The molecule has 1 aliphatic heterocycles. The van der Waals surface area contributed by atoms with Crippen LogP contribution in [-0.4, -0.2) is 209 Å². The van der Waals surface area contributed by atoms with E-state index in [4.69, 9.17) is 36.1 Å². The van der Waals surface area contributed by atoms with Gasteiger partial charge in [0.15, 0.2) is 5.96 Å². The molecular weight excluding hydrogens is 1330 g/mol. The number of hydrogen-bond donors (Lipinski definition) is 15. The van der Waals surface area contributed by atoms with Gasteiger partial charge in [0.1, 0.15) is 55.5 Å². The summed E-state index contributed by atoms with van der Waals surface area (Å²) in [7, 11) is 0. The zero-order valence-corrected chi connectivity index (χ0v) is 60.2. The van der Waals surface area contributed by atoms with Gasteiger partial charge in [-0.2, -0.15) is 0 Å². The molecule has 31 heteroatoms. The lowest BCUT2D eigenvalue weighted by Gasteiger charge is -2.28. The number of benzene rings is 2. The van der Waals surface area contributed by atoms with Crippen LogP contribution < -0.4 is 70.4 Å². The third-order valence-electron chi connectivity index (χ3n) is 17.1. The van der Waals surface area contributed by atoms with Gasteiger partial charge in [-0.15, -0.1) is 0 Å². The first-order valence-corrected chi connectivity index (χ1v) is 36.6. The molecule has 1 aromatic heterocycles. The summed E-state index contributed by atoms with van der Waals surface area (Å²) in [5.74, 6) is -8.04. The molecule has 4 rings (SSSR count). The van der Waals surface area contributed by atoms with Gasteiger partial charge in [0.05, 0.1) is 46.2 Å². The van der Waals surface area contributed by atoms with E-state index in [1.165, 1.54) is 51.4 Å². The zero-order chi connectivity index (χ0) is 74.8. The average Bonchev–Trinajstić information content (AvgIpc) is 1.74. The SMILES string of the molecule is CCCCCCCCCCCCCC(=O)NCCOCCOCC(=O)NCCOCCOCC(=O)N[C@@H](CCCC)C(=O)N[C@H]1CCC(=O)NCCCC[C@@H](C(N)=O)NC(=O)[C@H](Cc2c[nH]c3ccccc23)NC(=O)[C@H](CCCN=C(N)N)NC(=O)[C@@H](Cc2ccccc2)NC(=O)[C@H](CO)NC1=O. The second kappa shape index (κ2) is 52.2. The van der Waals surface area contributed by atoms with Crippen LogP contribution in [-0.2, 0) is 84.5 Å². The van der Waals surface area contributed by atoms with Gasteiger partial charge in [0, 0.05) is 69.0 Å². The number of carbonyl (C=O) groups excluding carboxylic acids is 11. The number of aliphatic imine (C=N–C) groups is 1. The first-order chi connectivity index (χ1) is 49.8. The first-order valence-electron chi connectivity index (χ1n) is 36.6. The number of nitrogens with two attached hydrogens (primary N) is 3. The van der Waals surface area contributed by atoms with Crippen LogP contribution in [0.1, 0.15) is 166 Å².